The zero-order valence-corrected chi connectivity index (χ0v) is 37.3. The van der Waals surface area contributed by atoms with E-state index in [9.17, 15) is 14.4 Å². The Morgan fingerprint density at radius 2 is 1.23 bits per heavy atom. The molecule has 53 heavy (non-hydrogen) atoms. The van der Waals surface area contributed by atoms with E-state index in [-0.39, 0.29) is 30.8 Å². The molecule has 0 radical (unpaired) electrons. The van der Waals surface area contributed by atoms with Gasteiger partial charge in [-0.1, -0.05) is 28.1 Å². The van der Waals surface area contributed by atoms with Gasteiger partial charge in [0.2, 0.25) is 11.8 Å². The minimum atomic E-state index is -0.598. The Balaban J connectivity index is 0.000000478. The summed E-state index contributed by atoms with van der Waals surface area (Å²) in [5.74, 6) is 1.63. The first-order valence-electron chi connectivity index (χ1n) is 17.0. The van der Waals surface area contributed by atoms with Crippen LogP contribution in [-0.4, -0.2) is 129 Å². The van der Waals surface area contributed by atoms with E-state index in [0.29, 0.717) is 78.9 Å². The topological polar surface area (TPSA) is 133 Å². The average molecular weight is 1050 g/mol. The van der Waals surface area contributed by atoms with E-state index in [2.05, 4.69) is 61.1 Å². The van der Waals surface area contributed by atoms with E-state index in [1.165, 1.54) is 14.5 Å². The van der Waals surface area contributed by atoms with Crippen molar-refractivity contribution >= 4 is 91.4 Å². The molecule has 2 aromatic carbocycles. The van der Waals surface area contributed by atoms with Crippen LogP contribution in [0.4, 0.5) is 4.79 Å². The first-order valence-corrected chi connectivity index (χ1v) is 20.3. The van der Waals surface area contributed by atoms with Crippen molar-refractivity contribution in [2.75, 3.05) is 90.8 Å². The molecule has 0 bridgehead atoms. The van der Waals surface area contributed by atoms with E-state index in [0.717, 1.165) is 20.4 Å². The van der Waals surface area contributed by atoms with E-state index >= 15 is 0 Å². The van der Waals surface area contributed by atoms with Crippen LogP contribution in [0.3, 0.4) is 0 Å². The number of halogens is 4. The summed E-state index contributed by atoms with van der Waals surface area (Å²) in [4.78, 5) is 41.1. The molecule has 2 aliphatic heterocycles. The number of hydrogen-bond donors (Lipinski definition) is 1. The average Bonchev–Trinajstić information content (AvgIpc) is 3.14. The first-order chi connectivity index (χ1) is 24.9. The van der Waals surface area contributed by atoms with Crippen molar-refractivity contribution in [3.05, 3.63) is 80.0 Å². The standard InChI is InChI=1S/C21H29IN2O5.C8H12BrNO2.C8H10INO.ClH/c1-21(2,3)29-20(26)24(13-16-28-18-8-6-17(22)7-9-18)10-4-5-19(25)23-11-14-27-15-12-23;9-3-1-2-8(11)10-4-6-12-7-5-10;9-7-1-3-8(4-2-7)11-6-5-10;/h4-9H,10-16H2,1-3H3;1-2H,3-7H2;1-4H,5-6,10H2;1H/b5-4+;2-1+;;. The van der Waals surface area contributed by atoms with Crippen molar-refractivity contribution in [1.82, 2.24) is 14.7 Å². The van der Waals surface area contributed by atoms with Crippen LogP contribution in [0.15, 0.2) is 72.8 Å². The Kier molecular flexibility index (Phi) is 26.1. The number of nitrogens with two attached hydrogens (primary N) is 1. The number of ether oxygens (including phenoxy) is 5. The third kappa shape index (κ3) is 22.7. The monoisotopic (exact) mass is 1050 g/mol. The van der Waals surface area contributed by atoms with Gasteiger partial charge in [0.25, 0.3) is 0 Å². The zero-order valence-electron chi connectivity index (χ0n) is 30.6. The normalized spacial score (nSPS) is 14.2. The largest absolute Gasteiger partial charge is 0.492 e. The van der Waals surface area contributed by atoms with E-state index in [1.54, 1.807) is 28.0 Å². The lowest BCUT2D eigenvalue weighted by Crippen LogP contribution is -2.40. The lowest BCUT2D eigenvalue weighted by atomic mass is 10.2. The van der Waals surface area contributed by atoms with Gasteiger partial charge < -0.3 is 44.1 Å². The second-order valence-corrected chi connectivity index (χ2v) is 15.3. The van der Waals surface area contributed by atoms with Gasteiger partial charge >= 0.3 is 6.09 Å². The summed E-state index contributed by atoms with van der Waals surface area (Å²) in [5, 5.41) is 0.725. The molecule has 2 aromatic rings. The molecule has 16 heteroatoms. The maximum absolute atomic E-state index is 12.5. The van der Waals surface area contributed by atoms with Gasteiger partial charge in [-0.3, -0.25) is 9.59 Å². The molecule has 2 fully saturated rings. The lowest BCUT2D eigenvalue weighted by molar-refractivity contribution is -0.130. The number of morpholine rings is 2. The summed E-state index contributed by atoms with van der Waals surface area (Å²) in [6.07, 6.45) is 6.15. The molecule has 2 aliphatic rings. The summed E-state index contributed by atoms with van der Waals surface area (Å²) in [6, 6.07) is 15.6. The Hall–Kier alpha value is -2.16. The number of rotatable bonds is 12. The summed E-state index contributed by atoms with van der Waals surface area (Å²) in [6.45, 7) is 12.6. The van der Waals surface area contributed by atoms with Crippen molar-refractivity contribution < 1.29 is 38.1 Å². The molecule has 4 rings (SSSR count). The predicted molar refractivity (Wildman–Crippen MR) is 230 cm³/mol. The van der Waals surface area contributed by atoms with Crippen LogP contribution >= 0.6 is 73.5 Å². The Labute approximate surface area is 355 Å². The molecule has 2 N–H and O–H groups in total. The third-order valence-electron chi connectivity index (χ3n) is 6.88. The molecule has 296 valence electrons. The fourth-order valence-corrected chi connectivity index (χ4v) is 5.21. The highest BCUT2D eigenvalue weighted by molar-refractivity contribution is 14.1. The fraction of sp³-hybridized carbons (Fsp3) is 0.486. The van der Waals surface area contributed by atoms with Crippen LogP contribution in [0, 0.1) is 7.14 Å². The Morgan fingerprint density at radius 1 is 0.792 bits per heavy atom. The number of benzene rings is 2. The van der Waals surface area contributed by atoms with Gasteiger partial charge in [0.1, 0.15) is 30.3 Å². The van der Waals surface area contributed by atoms with Crippen molar-refractivity contribution in [1.29, 1.82) is 0 Å². The van der Waals surface area contributed by atoms with Crippen LogP contribution < -0.4 is 15.2 Å². The number of amides is 3. The molecule has 0 saturated carbocycles. The molecular formula is C37H52BrClI2N4O8. The van der Waals surface area contributed by atoms with Gasteiger partial charge in [-0.2, -0.15) is 0 Å². The van der Waals surface area contributed by atoms with Crippen LogP contribution in [0.25, 0.3) is 0 Å². The first kappa shape index (κ1) is 48.9. The van der Waals surface area contributed by atoms with E-state index in [1.807, 2.05) is 69.3 Å². The minimum absolute atomic E-state index is 0. The van der Waals surface area contributed by atoms with Crippen LogP contribution in [0.1, 0.15) is 20.8 Å². The quantitative estimate of drug-likeness (QED) is 0.151. The van der Waals surface area contributed by atoms with E-state index in [4.69, 9.17) is 29.4 Å². The molecule has 2 heterocycles. The van der Waals surface area contributed by atoms with Crippen molar-refractivity contribution in [3.8, 4) is 11.5 Å². The Bertz CT molecular complexity index is 1390. The van der Waals surface area contributed by atoms with Crippen molar-refractivity contribution in [3.63, 3.8) is 0 Å². The summed E-state index contributed by atoms with van der Waals surface area (Å²) >= 11 is 7.71. The third-order valence-corrected chi connectivity index (χ3v) is 8.69. The van der Waals surface area contributed by atoms with Gasteiger partial charge in [0, 0.05) is 57.8 Å². The molecule has 12 nitrogen and oxygen atoms in total. The fourth-order valence-electron chi connectivity index (χ4n) is 4.30. The van der Waals surface area contributed by atoms with Crippen LogP contribution in [0.5, 0.6) is 11.5 Å². The molecular weight excluding hydrogens is 998 g/mol. The summed E-state index contributed by atoms with van der Waals surface area (Å²) < 4.78 is 29.2. The van der Waals surface area contributed by atoms with Crippen LogP contribution in [-0.2, 0) is 23.8 Å². The van der Waals surface area contributed by atoms with Gasteiger partial charge in [0.15, 0.2) is 0 Å². The highest BCUT2D eigenvalue weighted by atomic mass is 127. The van der Waals surface area contributed by atoms with Gasteiger partial charge in [-0.25, -0.2) is 4.79 Å². The molecule has 0 aliphatic carbocycles. The highest BCUT2D eigenvalue weighted by Gasteiger charge is 2.22. The smallest absolute Gasteiger partial charge is 0.410 e. The van der Waals surface area contributed by atoms with Crippen LogP contribution in [0.2, 0.25) is 0 Å². The maximum Gasteiger partial charge on any atom is 0.410 e. The highest BCUT2D eigenvalue weighted by Crippen LogP contribution is 2.15. The molecule has 0 spiro atoms. The molecule has 3 amide bonds. The second-order valence-electron chi connectivity index (χ2n) is 12.2. The number of hydrogen-bond acceptors (Lipinski definition) is 9. The molecule has 0 unspecified atom stereocenters. The predicted octanol–water partition coefficient (Wildman–Crippen LogP) is 6.17. The molecule has 2 saturated heterocycles. The maximum atomic E-state index is 12.5. The number of allylic oxidation sites excluding steroid dienone is 1. The second kappa shape index (κ2) is 28.3. The summed E-state index contributed by atoms with van der Waals surface area (Å²) in [7, 11) is 0. The number of carbonyl (C=O) groups excluding carboxylic acids is 3. The number of nitrogens with zero attached hydrogens (tertiary/aromatic N) is 3. The zero-order chi connectivity index (χ0) is 38.2. The number of alkyl halides is 1. The molecule has 0 atom stereocenters. The van der Waals surface area contributed by atoms with Crippen molar-refractivity contribution in [2.45, 2.75) is 26.4 Å². The Morgan fingerprint density at radius 3 is 1.64 bits per heavy atom. The minimum Gasteiger partial charge on any atom is -0.492 e. The molecule has 0 aromatic heterocycles. The number of carbonyl (C=O) groups is 3. The summed E-state index contributed by atoms with van der Waals surface area (Å²) in [5.41, 5.74) is 4.68. The van der Waals surface area contributed by atoms with Gasteiger partial charge in [0.05, 0.1) is 33.0 Å². The van der Waals surface area contributed by atoms with E-state index < -0.39 is 11.7 Å². The van der Waals surface area contributed by atoms with Gasteiger partial charge in [-0.15, -0.1) is 12.4 Å². The van der Waals surface area contributed by atoms with Gasteiger partial charge in [-0.05, 0) is 121 Å². The SMILES string of the molecule is CC(C)(C)OC(=O)N(C/C=C/C(=O)N1CCOCC1)CCOc1ccc(I)cc1.Cl.NCCOc1ccc(I)cc1.O=C(/C=C/CBr)N1CCOCC1. The lowest BCUT2D eigenvalue weighted by Gasteiger charge is -2.27. The van der Waals surface area contributed by atoms with Crippen molar-refractivity contribution in [2.24, 2.45) is 5.73 Å².